The molecule has 0 radical (unpaired) electrons. The normalized spacial score (nSPS) is 25.3. The van der Waals surface area contributed by atoms with Crippen molar-refractivity contribution in [2.45, 2.75) is 36.2 Å². The van der Waals surface area contributed by atoms with Gasteiger partial charge in [-0.3, -0.25) is 0 Å². The second-order valence-corrected chi connectivity index (χ2v) is 7.13. The Bertz CT molecular complexity index is 483. The van der Waals surface area contributed by atoms with Crippen molar-refractivity contribution in [2.75, 3.05) is 6.61 Å². The average molecular weight is 276 g/mol. The van der Waals surface area contributed by atoms with Crippen LogP contribution in [0, 0.1) is 0 Å². The van der Waals surface area contributed by atoms with Gasteiger partial charge < -0.3 is 10.5 Å². The Morgan fingerprint density at radius 1 is 1.59 bits per heavy atom. The van der Waals surface area contributed by atoms with Gasteiger partial charge in [-0.05, 0) is 25.5 Å². The second-order valence-electron chi connectivity index (χ2n) is 4.02. The van der Waals surface area contributed by atoms with Crippen molar-refractivity contribution < 1.29 is 13.2 Å². The van der Waals surface area contributed by atoms with E-state index in [1.165, 1.54) is 11.3 Å². The Hall–Kier alpha value is -0.470. The predicted octanol–water partition coefficient (Wildman–Crippen LogP) is 0.663. The van der Waals surface area contributed by atoms with Crippen LogP contribution in [0.15, 0.2) is 16.3 Å². The Kier molecular flexibility index (Phi) is 3.84. The highest BCUT2D eigenvalue weighted by atomic mass is 32.2. The first-order valence-corrected chi connectivity index (χ1v) is 7.75. The van der Waals surface area contributed by atoms with E-state index in [1.807, 2.05) is 6.92 Å². The standard InChI is InChI=1S/C10H16N2O3S2/c1-7-9(4-5-15-7)12-17(13,14)10-3-2-8(6-11)16-10/h2-3,7,9,12H,4-6,11H2,1H3. The van der Waals surface area contributed by atoms with E-state index in [2.05, 4.69) is 4.72 Å². The third-order valence-electron chi connectivity index (χ3n) is 2.79. The van der Waals surface area contributed by atoms with Crippen LogP contribution in [0.5, 0.6) is 0 Å². The monoisotopic (exact) mass is 276 g/mol. The van der Waals surface area contributed by atoms with Gasteiger partial charge in [-0.25, -0.2) is 13.1 Å². The molecule has 0 aliphatic carbocycles. The average Bonchev–Trinajstić information content (AvgIpc) is 2.88. The van der Waals surface area contributed by atoms with Crippen molar-refractivity contribution in [3.63, 3.8) is 0 Å². The summed E-state index contributed by atoms with van der Waals surface area (Å²) in [5.74, 6) is 0. The van der Waals surface area contributed by atoms with Crippen molar-refractivity contribution in [1.29, 1.82) is 0 Å². The smallest absolute Gasteiger partial charge is 0.250 e. The number of nitrogens with two attached hydrogens (primary N) is 1. The Morgan fingerprint density at radius 2 is 2.35 bits per heavy atom. The first-order valence-electron chi connectivity index (χ1n) is 5.45. The van der Waals surface area contributed by atoms with Crippen molar-refractivity contribution in [3.05, 3.63) is 17.0 Å². The molecule has 2 rings (SSSR count). The lowest BCUT2D eigenvalue weighted by molar-refractivity contribution is 0.117. The molecular formula is C10H16N2O3S2. The van der Waals surface area contributed by atoms with E-state index in [9.17, 15) is 8.42 Å². The molecule has 2 heterocycles. The van der Waals surface area contributed by atoms with Gasteiger partial charge in [-0.1, -0.05) is 0 Å². The summed E-state index contributed by atoms with van der Waals surface area (Å²) in [6.45, 7) is 2.84. The van der Waals surface area contributed by atoms with Gasteiger partial charge in [0.15, 0.2) is 0 Å². The highest BCUT2D eigenvalue weighted by Crippen LogP contribution is 2.23. The molecule has 96 valence electrons. The summed E-state index contributed by atoms with van der Waals surface area (Å²) in [5, 5.41) is 0. The highest BCUT2D eigenvalue weighted by Gasteiger charge is 2.29. The molecule has 0 bridgehead atoms. The first kappa shape index (κ1) is 13.0. The maximum Gasteiger partial charge on any atom is 0.250 e. The first-order chi connectivity index (χ1) is 8.03. The summed E-state index contributed by atoms with van der Waals surface area (Å²) in [6.07, 6.45) is 0.647. The minimum Gasteiger partial charge on any atom is -0.377 e. The molecule has 2 atom stereocenters. The summed E-state index contributed by atoms with van der Waals surface area (Å²) in [6, 6.07) is 3.20. The van der Waals surface area contributed by atoms with Gasteiger partial charge in [0.05, 0.1) is 12.1 Å². The molecule has 7 heteroatoms. The lowest BCUT2D eigenvalue weighted by Gasteiger charge is -2.15. The lowest BCUT2D eigenvalue weighted by atomic mass is 10.2. The third kappa shape index (κ3) is 2.86. The summed E-state index contributed by atoms with van der Waals surface area (Å²) >= 11 is 1.21. The van der Waals surface area contributed by atoms with Crippen LogP contribution in [0.25, 0.3) is 0 Å². The minimum absolute atomic E-state index is 0.0706. The molecule has 17 heavy (non-hydrogen) atoms. The Morgan fingerprint density at radius 3 is 2.88 bits per heavy atom. The molecule has 1 aromatic rings. The van der Waals surface area contributed by atoms with Gasteiger partial charge in [-0.15, -0.1) is 11.3 Å². The number of hydrogen-bond acceptors (Lipinski definition) is 5. The fourth-order valence-corrected chi connectivity index (χ4v) is 4.35. The van der Waals surface area contributed by atoms with Gasteiger partial charge in [-0.2, -0.15) is 0 Å². The fourth-order valence-electron chi connectivity index (χ4n) is 1.76. The molecule has 1 saturated heterocycles. The highest BCUT2D eigenvalue weighted by molar-refractivity contribution is 7.91. The topological polar surface area (TPSA) is 81.4 Å². The van der Waals surface area contributed by atoms with E-state index in [-0.39, 0.29) is 12.1 Å². The molecule has 0 amide bonds. The van der Waals surface area contributed by atoms with Gasteiger partial charge >= 0.3 is 0 Å². The summed E-state index contributed by atoms with van der Waals surface area (Å²) in [5.41, 5.74) is 5.47. The summed E-state index contributed by atoms with van der Waals surface area (Å²) < 4.78 is 32.5. The van der Waals surface area contributed by atoms with Crippen LogP contribution >= 0.6 is 11.3 Å². The molecule has 1 aliphatic heterocycles. The quantitative estimate of drug-likeness (QED) is 0.846. The molecular weight excluding hydrogens is 260 g/mol. The van der Waals surface area contributed by atoms with E-state index in [4.69, 9.17) is 10.5 Å². The van der Waals surface area contributed by atoms with Crippen molar-refractivity contribution >= 4 is 21.4 Å². The van der Waals surface area contributed by atoms with Crippen LogP contribution in [0.3, 0.4) is 0 Å². The van der Waals surface area contributed by atoms with Gasteiger partial charge in [0.1, 0.15) is 4.21 Å². The molecule has 0 spiro atoms. The Labute approximate surface area is 105 Å². The van der Waals surface area contributed by atoms with Crippen LogP contribution in [-0.2, 0) is 21.3 Å². The number of nitrogens with one attached hydrogen (secondary N) is 1. The van der Waals surface area contributed by atoms with Crippen molar-refractivity contribution in [2.24, 2.45) is 5.73 Å². The van der Waals surface area contributed by atoms with Crippen molar-refractivity contribution in [3.8, 4) is 0 Å². The molecule has 0 saturated carbocycles. The van der Waals surface area contributed by atoms with Crippen LogP contribution in [-0.4, -0.2) is 27.2 Å². The zero-order valence-electron chi connectivity index (χ0n) is 9.55. The zero-order chi connectivity index (χ0) is 12.5. The fraction of sp³-hybridized carbons (Fsp3) is 0.600. The number of sulfonamides is 1. The van der Waals surface area contributed by atoms with E-state index < -0.39 is 10.0 Å². The third-order valence-corrected chi connectivity index (χ3v) is 5.88. The van der Waals surface area contributed by atoms with Gasteiger partial charge in [0, 0.05) is 18.0 Å². The van der Waals surface area contributed by atoms with Crippen LogP contribution < -0.4 is 10.5 Å². The number of thiophene rings is 1. The SMILES string of the molecule is CC1OCCC1NS(=O)(=O)c1ccc(CN)s1. The summed E-state index contributed by atoms with van der Waals surface area (Å²) in [7, 11) is -3.43. The molecule has 2 unspecified atom stereocenters. The van der Waals surface area contributed by atoms with E-state index in [0.29, 0.717) is 17.4 Å². The van der Waals surface area contributed by atoms with E-state index in [1.54, 1.807) is 12.1 Å². The number of ether oxygens (including phenoxy) is 1. The minimum atomic E-state index is -3.43. The molecule has 1 aromatic heterocycles. The molecule has 3 N–H and O–H groups in total. The second kappa shape index (κ2) is 5.03. The number of rotatable bonds is 4. The summed E-state index contributed by atoms with van der Waals surface area (Å²) in [4.78, 5) is 0.862. The van der Waals surface area contributed by atoms with Gasteiger partial charge in [0.25, 0.3) is 0 Å². The van der Waals surface area contributed by atoms with E-state index in [0.717, 1.165) is 11.3 Å². The van der Waals surface area contributed by atoms with Crippen molar-refractivity contribution in [1.82, 2.24) is 4.72 Å². The van der Waals surface area contributed by atoms with Crippen LogP contribution in [0.4, 0.5) is 0 Å². The number of hydrogen-bond donors (Lipinski definition) is 2. The Balaban J connectivity index is 2.13. The maximum absolute atomic E-state index is 12.1. The predicted molar refractivity (Wildman–Crippen MR) is 66.4 cm³/mol. The lowest BCUT2D eigenvalue weighted by Crippen LogP contribution is -2.38. The maximum atomic E-state index is 12.1. The molecule has 1 fully saturated rings. The van der Waals surface area contributed by atoms with Gasteiger partial charge in [0.2, 0.25) is 10.0 Å². The molecule has 5 nitrogen and oxygen atoms in total. The van der Waals surface area contributed by atoms with Crippen LogP contribution in [0.1, 0.15) is 18.2 Å². The van der Waals surface area contributed by atoms with Crippen LogP contribution in [0.2, 0.25) is 0 Å². The zero-order valence-corrected chi connectivity index (χ0v) is 11.2. The largest absolute Gasteiger partial charge is 0.377 e. The van der Waals surface area contributed by atoms with E-state index >= 15 is 0 Å². The molecule has 1 aliphatic rings. The molecule has 0 aromatic carbocycles.